The molecule has 0 aliphatic rings. The van der Waals surface area contributed by atoms with Gasteiger partial charge in [-0.15, -0.1) is 17.8 Å². The number of nitrogens with one attached hydrogen (secondary N) is 1. The zero-order valence-corrected chi connectivity index (χ0v) is 13.6. The van der Waals surface area contributed by atoms with E-state index in [2.05, 4.69) is 28.4 Å². The second-order valence-corrected chi connectivity index (χ2v) is 6.18. The zero-order chi connectivity index (χ0) is 16.4. The summed E-state index contributed by atoms with van der Waals surface area (Å²) in [5, 5.41) is 5.50. The highest BCUT2D eigenvalue weighted by Crippen LogP contribution is 2.34. The molecule has 0 fully saturated rings. The maximum atomic E-state index is 5.63. The number of imidazole rings is 1. The molecule has 0 saturated carbocycles. The second kappa shape index (κ2) is 6.19. The van der Waals surface area contributed by atoms with Gasteiger partial charge in [0.05, 0.1) is 11.1 Å². The molecule has 4 rings (SSSR count). The number of hydrogen-bond acceptors (Lipinski definition) is 4. The van der Waals surface area contributed by atoms with Crippen LogP contribution in [0.25, 0.3) is 16.2 Å². The monoisotopic (exact) mass is 330 g/mol. The first-order valence-corrected chi connectivity index (χ1v) is 8.39. The average molecular weight is 330 g/mol. The van der Waals surface area contributed by atoms with E-state index in [-0.39, 0.29) is 0 Å². The Kier molecular flexibility index (Phi) is 3.73. The highest BCUT2D eigenvalue weighted by atomic mass is 32.1. The number of anilines is 1. The summed E-state index contributed by atoms with van der Waals surface area (Å²) in [6.07, 6.45) is 11.0. The first kappa shape index (κ1) is 14.5. The number of benzene rings is 1. The molecule has 4 aromatic rings. The van der Waals surface area contributed by atoms with E-state index in [1.807, 2.05) is 40.2 Å². The molecule has 1 aromatic carbocycles. The lowest BCUT2D eigenvalue weighted by Gasteiger charge is -2.08. The first-order valence-electron chi connectivity index (χ1n) is 7.51. The van der Waals surface area contributed by atoms with Crippen LogP contribution in [0.2, 0.25) is 0 Å². The molecule has 5 heteroatoms. The van der Waals surface area contributed by atoms with Crippen LogP contribution in [-0.4, -0.2) is 14.4 Å². The van der Waals surface area contributed by atoms with Crippen LogP contribution in [0.4, 0.5) is 5.82 Å². The molecule has 0 atom stereocenters. The van der Waals surface area contributed by atoms with Gasteiger partial charge in [0.1, 0.15) is 11.5 Å². The Labute approximate surface area is 143 Å². The lowest BCUT2D eigenvalue weighted by molar-refractivity contribution is 1.07. The van der Waals surface area contributed by atoms with Crippen molar-refractivity contribution in [2.45, 2.75) is 6.54 Å². The maximum Gasteiger partial charge on any atom is 0.157 e. The van der Waals surface area contributed by atoms with Crippen LogP contribution in [0.3, 0.4) is 0 Å². The largest absolute Gasteiger partial charge is 0.365 e. The van der Waals surface area contributed by atoms with Crippen LogP contribution in [0.15, 0.2) is 60.4 Å². The van der Waals surface area contributed by atoms with E-state index in [4.69, 9.17) is 11.4 Å². The Hall–Kier alpha value is -3.10. The predicted octanol–water partition coefficient (Wildman–Crippen LogP) is 4.05. The number of fused-ring (bicyclic) bond motifs is 1. The Balaban J connectivity index is 1.80. The summed E-state index contributed by atoms with van der Waals surface area (Å²) >= 11 is 1.60. The lowest BCUT2D eigenvalue weighted by atomic mass is 10.2. The molecule has 0 aliphatic carbocycles. The number of nitrogens with zero attached hydrogens (tertiary/aromatic N) is 3. The molecule has 0 aliphatic heterocycles. The molecule has 0 spiro atoms. The fourth-order valence-corrected chi connectivity index (χ4v) is 3.47. The van der Waals surface area contributed by atoms with Gasteiger partial charge in [-0.05, 0) is 17.0 Å². The van der Waals surface area contributed by atoms with Gasteiger partial charge in [0.2, 0.25) is 0 Å². The minimum Gasteiger partial charge on any atom is -0.365 e. The van der Waals surface area contributed by atoms with Crippen molar-refractivity contribution in [1.29, 1.82) is 0 Å². The average Bonchev–Trinajstić information content (AvgIpc) is 3.24. The van der Waals surface area contributed by atoms with Crippen molar-refractivity contribution >= 4 is 22.8 Å². The maximum absolute atomic E-state index is 5.63. The van der Waals surface area contributed by atoms with Crippen molar-refractivity contribution in [3.8, 4) is 22.9 Å². The van der Waals surface area contributed by atoms with Gasteiger partial charge in [-0.25, -0.2) is 4.98 Å². The summed E-state index contributed by atoms with van der Waals surface area (Å²) in [5.41, 5.74) is 3.72. The van der Waals surface area contributed by atoms with Crippen LogP contribution in [0, 0.1) is 12.3 Å². The fraction of sp³-hybridized carbons (Fsp3) is 0.0526. The van der Waals surface area contributed by atoms with Crippen molar-refractivity contribution < 1.29 is 0 Å². The Morgan fingerprint density at radius 1 is 1.21 bits per heavy atom. The first-order chi connectivity index (χ1) is 11.9. The molecule has 3 aromatic heterocycles. The summed E-state index contributed by atoms with van der Waals surface area (Å²) in [4.78, 5) is 9.89. The standard InChI is InChI=1S/C19H14N4S/c1-2-15-8-11-24-18(15)17-19(21-12-14-6-4-3-5-7-14)23-10-9-20-13-16(23)22-17/h1,3-11,13,21H,12H2. The third-order valence-electron chi connectivity index (χ3n) is 3.77. The summed E-state index contributed by atoms with van der Waals surface area (Å²) in [6, 6.07) is 12.2. The third-order valence-corrected chi connectivity index (χ3v) is 4.69. The third kappa shape index (κ3) is 2.53. The number of rotatable bonds is 4. The molecular formula is C19H14N4S. The smallest absolute Gasteiger partial charge is 0.157 e. The highest BCUT2D eigenvalue weighted by Gasteiger charge is 2.17. The normalized spacial score (nSPS) is 10.6. The van der Waals surface area contributed by atoms with Crippen molar-refractivity contribution in [1.82, 2.24) is 14.4 Å². The van der Waals surface area contributed by atoms with E-state index in [0.717, 1.165) is 27.6 Å². The molecule has 4 nitrogen and oxygen atoms in total. The van der Waals surface area contributed by atoms with Crippen LogP contribution in [0.5, 0.6) is 0 Å². The van der Waals surface area contributed by atoms with Gasteiger partial charge < -0.3 is 5.32 Å². The van der Waals surface area contributed by atoms with E-state index in [9.17, 15) is 0 Å². The second-order valence-electron chi connectivity index (χ2n) is 5.26. The minimum absolute atomic E-state index is 0.709. The number of thiophene rings is 1. The number of aromatic nitrogens is 3. The fourth-order valence-electron chi connectivity index (χ4n) is 2.62. The van der Waals surface area contributed by atoms with E-state index in [1.165, 1.54) is 5.56 Å². The van der Waals surface area contributed by atoms with Gasteiger partial charge in [0.15, 0.2) is 5.65 Å². The molecule has 0 radical (unpaired) electrons. The summed E-state index contributed by atoms with van der Waals surface area (Å²) in [5.74, 6) is 3.66. The van der Waals surface area contributed by atoms with Crippen LogP contribution >= 0.6 is 11.3 Å². The summed E-state index contributed by atoms with van der Waals surface area (Å²) < 4.78 is 2.01. The van der Waals surface area contributed by atoms with Crippen molar-refractivity contribution in [3.63, 3.8) is 0 Å². The lowest BCUT2D eigenvalue weighted by Crippen LogP contribution is -2.03. The van der Waals surface area contributed by atoms with Crippen LogP contribution < -0.4 is 5.32 Å². The van der Waals surface area contributed by atoms with E-state index in [0.29, 0.717) is 6.54 Å². The molecule has 1 N–H and O–H groups in total. The number of hydrogen-bond donors (Lipinski definition) is 1. The molecule has 0 unspecified atom stereocenters. The Morgan fingerprint density at radius 3 is 2.92 bits per heavy atom. The molecular weight excluding hydrogens is 316 g/mol. The molecule has 3 heterocycles. The molecule has 0 amide bonds. The highest BCUT2D eigenvalue weighted by molar-refractivity contribution is 7.13. The van der Waals surface area contributed by atoms with E-state index >= 15 is 0 Å². The minimum atomic E-state index is 0.709. The molecule has 24 heavy (non-hydrogen) atoms. The van der Waals surface area contributed by atoms with Crippen molar-refractivity contribution in [2.75, 3.05) is 5.32 Å². The van der Waals surface area contributed by atoms with Gasteiger partial charge in [0, 0.05) is 24.5 Å². The van der Waals surface area contributed by atoms with Crippen molar-refractivity contribution in [3.05, 3.63) is 71.5 Å². The van der Waals surface area contributed by atoms with Gasteiger partial charge in [-0.1, -0.05) is 36.3 Å². The molecule has 0 bridgehead atoms. The van der Waals surface area contributed by atoms with Gasteiger partial charge in [0.25, 0.3) is 0 Å². The molecule has 0 saturated heterocycles. The Morgan fingerprint density at radius 2 is 2.08 bits per heavy atom. The predicted molar refractivity (Wildman–Crippen MR) is 98.0 cm³/mol. The SMILES string of the molecule is C#Cc1ccsc1-c1nc2cnccn2c1NCc1ccccc1. The number of terminal acetylenes is 1. The topological polar surface area (TPSA) is 42.2 Å². The zero-order valence-electron chi connectivity index (χ0n) is 12.8. The van der Waals surface area contributed by atoms with Crippen LogP contribution in [0.1, 0.15) is 11.1 Å². The summed E-state index contributed by atoms with van der Waals surface area (Å²) in [6.45, 7) is 0.709. The van der Waals surface area contributed by atoms with E-state index in [1.54, 1.807) is 23.7 Å². The van der Waals surface area contributed by atoms with Gasteiger partial charge >= 0.3 is 0 Å². The van der Waals surface area contributed by atoms with Crippen molar-refractivity contribution in [2.24, 2.45) is 0 Å². The van der Waals surface area contributed by atoms with Gasteiger partial charge in [-0.3, -0.25) is 9.38 Å². The molecule has 116 valence electrons. The van der Waals surface area contributed by atoms with Crippen LogP contribution in [-0.2, 0) is 6.54 Å². The van der Waals surface area contributed by atoms with Gasteiger partial charge in [-0.2, -0.15) is 0 Å². The quantitative estimate of drug-likeness (QED) is 0.574. The summed E-state index contributed by atoms with van der Waals surface area (Å²) in [7, 11) is 0. The van der Waals surface area contributed by atoms with E-state index < -0.39 is 0 Å². The Bertz CT molecular complexity index is 1020.